The summed E-state index contributed by atoms with van der Waals surface area (Å²) in [5, 5.41) is 12.0. The van der Waals surface area contributed by atoms with Crippen LogP contribution in [0.4, 0.5) is 0 Å². The fraction of sp³-hybridized carbons (Fsp3) is 0.231. The Morgan fingerprint density at radius 1 is 1.26 bits per heavy atom. The average Bonchev–Trinajstić information content (AvgIpc) is 2.90. The quantitative estimate of drug-likeness (QED) is 0.911. The normalized spacial score (nSPS) is 11.5. The molecule has 104 valence electrons. The van der Waals surface area contributed by atoms with Crippen LogP contribution in [0.3, 0.4) is 0 Å². The Morgan fingerprint density at radius 2 is 2.00 bits per heavy atom. The Labute approximate surface area is 122 Å². The molecular weight excluding hydrogens is 286 g/mol. The first-order valence-corrected chi connectivity index (χ1v) is 6.29. The van der Waals surface area contributed by atoms with E-state index in [9.17, 15) is 5.11 Å². The Morgan fingerprint density at radius 3 is 2.53 bits per heavy atom. The van der Waals surface area contributed by atoms with Crippen LogP contribution in [-0.4, -0.2) is 19.3 Å². The van der Waals surface area contributed by atoms with E-state index in [-0.39, 0.29) is 18.2 Å². The van der Waals surface area contributed by atoms with Crippen LogP contribution < -0.4 is 15.2 Å². The minimum absolute atomic E-state index is 0. The predicted molar refractivity (Wildman–Crippen MR) is 78.8 cm³/mol. The number of hydrogen-bond donors (Lipinski definition) is 2. The minimum atomic E-state index is -0.411. The van der Waals surface area contributed by atoms with Gasteiger partial charge >= 0.3 is 0 Å². The molecule has 0 fully saturated rings. The van der Waals surface area contributed by atoms with Gasteiger partial charge in [0, 0.05) is 17.0 Å². The van der Waals surface area contributed by atoms with Crippen molar-refractivity contribution in [2.45, 2.75) is 6.04 Å². The molecule has 6 heteroatoms. The summed E-state index contributed by atoms with van der Waals surface area (Å²) in [4.78, 5) is 0.966. The van der Waals surface area contributed by atoms with Gasteiger partial charge in [-0.2, -0.15) is 0 Å². The summed E-state index contributed by atoms with van der Waals surface area (Å²) < 4.78 is 10.4. The van der Waals surface area contributed by atoms with E-state index in [1.165, 1.54) is 13.2 Å². The third-order valence-electron chi connectivity index (χ3n) is 2.71. The molecule has 1 aromatic carbocycles. The lowest BCUT2D eigenvalue weighted by Gasteiger charge is -2.17. The van der Waals surface area contributed by atoms with E-state index in [2.05, 4.69) is 0 Å². The first-order chi connectivity index (χ1) is 8.67. The molecule has 3 N–H and O–H groups in total. The third kappa shape index (κ3) is 3.12. The second-order valence-electron chi connectivity index (χ2n) is 3.76. The van der Waals surface area contributed by atoms with Crippen molar-refractivity contribution in [3.05, 3.63) is 40.1 Å². The molecule has 0 aliphatic heterocycles. The lowest BCUT2D eigenvalue weighted by Crippen LogP contribution is -2.12. The molecule has 0 saturated heterocycles. The fourth-order valence-corrected chi connectivity index (χ4v) is 2.53. The minimum Gasteiger partial charge on any atom is -0.507 e. The average molecular weight is 302 g/mol. The van der Waals surface area contributed by atoms with Crippen LogP contribution in [0.25, 0.3) is 0 Å². The van der Waals surface area contributed by atoms with E-state index >= 15 is 0 Å². The van der Waals surface area contributed by atoms with Gasteiger partial charge < -0.3 is 20.3 Å². The van der Waals surface area contributed by atoms with Crippen LogP contribution >= 0.6 is 23.7 Å². The maximum atomic E-state index is 10.1. The molecule has 1 atom stereocenters. The van der Waals surface area contributed by atoms with Gasteiger partial charge in [-0.1, -0.05) is 6.07 Å². The van der Waals surface area contributed by atoms with Gasteiger partial charge in [-0.3, -0.25) is 0 Å². The van der Waals surface area contributed by atoms with Crippen LogP contribution in [-0.2, 0) is 0 Å². The second kappa shape index (κ2) is 6.65. The van der Waals surface area contributed by atoms with Crippen molar-refractivity contribution in [1.82, 2.24) is 0 Å². The molecular formula is C13H16ClNO3S. The van der Waals surface area contributed by atoms with E-state index in [1.807, 2.05) is 17.5 Å². The second-order valence-corrected chi connectivity index (χ2v) is 4.73. The van der Waals surface area contributed by atoms with Crippen molar-refractivity contribution >= 4 is 23.7 Å². The molecule has 0 saturated carbocycles. The Hall–Kier alpha value is -1.43. The zero-order valence-corrected chi connectivity index (χ0v) is 12.3. The number of halogens is 1. The van der Waals surface area contributed by atoms with Crippen molar-refractivity contribution in [1.29, 1.82) is 0 Å². The highest BCUT2D eigenvalue weighted by atomic mass is 35.5. The van der Waals surface area contributed by atoms with Crippen molar-refractivity contribution in [3.8, 4) is 17.2 Å². The number of methoxy groups -OCH3 is 2. The number of phenolic OH excluding ortho intramolecular Hbond substituents is 1. The molecule has 0 unspecified atom stereocenters. The van der Waals surface area contributed by atoms with Crippen LogP contribution in [0.5, 0.6) is 17.2 Å². The number of phenols is 1. The summed E-state index contributed by atoms with van der Waals surface area (Å²) in [7, 11) is 3.08. The fourth-order valence-electron chi connectivity index (χ4n) is 1.80. The molecule has 1 aromatic heterocycles. The summed E-state index contributed by atoms with van der Waals surface area (Å²) in [6, 6.07) is 6.69. The van der Waals surface area contributed by atoms with Crippen LogP contribution in [0.1, 0.15) is 16.5 Å². The van der Waals surface area contributed by atoms with E-state index in [0.29, 0.717) is 17.1 Å². The summed E-state index contributed by atoms with van der Waals surface area (Å²) in [5.74, 6) is 1.13. The van der Waals surface area contributed by atoms with Gasteiger partial charge in [0.1, 0.15) is 17.2 Å². The molecule has 2 aromatic rings. The van der Waals surface area contributed by atoms with Gasteiger partial charge in [0.2, 0.25) is 0 Å². The molecule has 0 spiro atoms. The van der Waals surface area contributed by atoms with Crippen molar-refractivity contribution < 1.29 is 14.6 Å². The summed E-state index contributed by atoms with van der Waals surface area (Å²) in [6.07, 6.45) is 0. The number of aromatic hydroxyl groups is 1. The molecule has 19 heavy (non-hydrogen) atoms. The number of benzene rings is 1. The zero-order chi connectivity index (χ0) is 13.1. The molecule has 0 amide bonds. The van der Waals surface area contributed by atoms with Gasteiger partial charge in [-0.15, -0.1) is 23.7 Å². The largest absolute Gasteiger partial charge is 0.507 e. The van der Waals surface area contributed by atoms with Gasteiger partial charge in [0.15, 0.2) is 0 Å². The van der Waals surface area contributed by atoms with Crippen molar-refractivity contribution in [2.24, 2.45) is 5.73 Å². The Kier molecular flexibility index (Phi) is 5.47. The number of nitrogens with two attached hydrogens (primary N) is 1. The lowest BCUT2D eigenvalue weighted by atomic mass is 10.0. The molecule has 0 bridgehead atoms. The maximum Gasteiger partial charge on any atom is 0.131 e. The van der Waals surface area contributed by atoms with Crippen LogP contribution in [0.2, 0.25) is 0 Å². The summed E-state index contributed by atoms with van der Waals surface area (Å²) in [6.45, 7) is 0. The van der Waals surface area contributed by atoms with Crippen LogP contribution in [0, 0.1) is 0 Å². The third-order valence-corrected chi connectivity index (χ3v) is 3.67. The van der Waals surface area contributed by atoms with E-state index in [4.69, 9.17) is 15.2 Å². The standard InChI is InChI=1S/C13H15NO3S.ClH/c1-16-8-6-9(15)12(10(7-8)17-2)13(14)11-4-3-5-18-11;/h3-7,13,15H,14H2,1-2H3;1H/t13-;/m1./s1. The predicted octanol–water partition coefficient (Wildman–Crippen LogP) is 2.94. The topological polar surface area (TPSA) is 64.7 Å². The smallest absolute Gasteiger partial charge is 0.131 e. The summed E-state index contributed by atoms with van der Waals surface area (Å²) in [5.41, 5.74) is 6.73. The SMILES string of the molecule is COc1cc(O)c([C@H](N)c2cccs2)c(OC)c1.Cl. The van der Waals surface area contributed by atoms with Crippen molar-refractivity contribution in [3.63, 3.8) is 0 Å². The van der Waals surface area contributed by atoms with E-state index < -0.39 is 6.04 Å². The lowest BCUT2D eigenvalue weighted by molar-refractivity contribution is 0.377. The van der Waals surface area contributed by atoms with Gasteiger partial charge in [-0.05, 0) is 11.4 Å². The highest BCUT2D eigenvalue weighted by Gasteiger charge is 2.20. The molecule has 0 aliphatic carbocycles. The Bertz CT molecular complexity index is 531. The monoisotopic (exact) mass is 301 g/mol. The first kappa shape index (κ1) is 15.6. The summed E-state index contributed by atoms with van der Waals surface area (Å²) >= 11 is 1.54. The van der Waals surface area contributed by atoms with E-state index in [1.54, 1.807) is 24.5 Å². The maximum absolute atomic E-state index is 10.1. The molecule has 2 rings (SSSR count). The Balaban J connectivity index is 0.00000180. The number of ether oxygens (including phenoxy) is 2. The van der Waals surface area contributed by atoms with Gasteiger partial charge in [-0.25, -0.2) is 0 Å². The van der Waals surface area contributed by atoms with Gasteiger partial charge in [0.25, 0.3) is 0 Å². The van der Waals surface area contributed by atoms with Crippen molar-refractivity contribution in [2.75, 3.05) is 14.2 Å². The molecule has 4 nitrogen and oxygen atoms in total. The number of thiophene rings is 1. The molecule has 1 heterocycles. The molecule has 0 radical (unpaired) electrons. The highest BCUT2D eigenvalue weighted by Crippen LogP contribution is 2.39. The van der Waals surface area contributed by atoms with E-state index in [0.717, 1.165) is 4.88 Å². The number of hydrogen-bond acceptors (Lipinski definition) is 5. The van der Waals surface area contributed by atoms with Crippen LogP contribution in [0.15, 0.2) is 29.6 Å². The zero-order valence-electron chi connectivity index (χ0n) is 10.6. The highest BCUT2D eigenvalue weighted by molar-refractivity contribution is 7.10. The number of rotatable bonds is 4. The molecule has 0 aliphatic rings. The first-order valence-electron chi connectivity index (χ1n) is 5.41. The van der Waals surface area contributed by atoms with Gasteiger partial charge in [0.05, 0.1) is 25.8 Å².